The van der Waals surface area contributed by atoms with Crippen molar-refractivity contribution in [1.82, 2.24) is 9.79 Å². The summed E-state index contributed by atoms with van der Waals surface area (Å²) in [5, 5.41) is 2.86. The monoisotopic (exact) mass is 405 g/mol. The molecule has 2 aromatic carbocycles. The van der Waals surface area contributed by atoms with E-state index >= 15 is 0 Å². The number of aryl methyl sites for hydroxylation is 1. The Kier molecular flexibility index (Phi) is 7.56. The van der Waals surface area contributed by atoms with Crippen molar-refractivity contribution in [3.63, 3.8) is 0 Å². The van der Waals surface area contributed by atoms with Gasteiger partial charge in [0.25, 0.3) is 15.9 Å². The molecule has 28 heavy (non-hydrogen) atoms. The average Bonchev–Trinajstić information content (AvgIpc) is 2.70. The van der Waals surface area contributed by atoms with Gasteiger partial charge in [0, 0.05) is 38.9 Å². The van der Waals surface area contributed by atoms with Crippen LogP contribution in [-0.2, 0) is 21.3 Å². The molecule has 0 aliphatic heterocycles. The number of rotatable bonds is 9. The molecule has 0 saturated heterocycles. The summed E-state index contributed by atoms with van der Waals surface area (Å²) in [5.74, 6) is -0.230. The van der Waals surface area contributed by atoms with Gasteiger partial charge < -0.3 is 10.2 Å². The number of sulfonamides is 1. The van der Waals surface area contributed by atoms with Crippen molar-refractivity contribution in [2.75, 3.05) is 39.7 Å². The Bertz CT molecular complexity index is 879. The van der Waals surface area contributed by atoms with Crippen LogP contribution in [-0.4, -0.2) is 53.6 Å². The van der Waals surface area contributed by atoms with Crippen molar-refractivity contribution in [2.45, 2.75) is 17.7 Å². The zero-order valence-corrected chi connectivity index (χ0v) is 17.5. The highest BCUT2D eigenvalue weighted by atomic mass is 32.2. The van der Waals surface area contributed by atoms with Gasteiger partial charge in [0.15, 0.2) is 0 Å². The summed E-state index contributed by atoms with van der Waals surface area (Å²) in [6.45, 7) is 0.542. The quantitative estimate of drug-likeness (QED) is 0.512. The van der Waals surface area contributed by atoms with Gasteiger partial charge in [-0.15, -0.1) is 0 Å². The maximum atomic E-state index is 12.2. The molecular weight excluding hydrogens is 378 g/mol. The van der Waals surface area contributed by atoms with E-state index in [9.17, 15) is 13.2 Å². The molecule has 0 fully saturated rings. The molecule has 2 rings (SSSR count). The van der Waals surface area contributed by atoms with Gasteiger partial charge in [-0.05, 0) is 54.8 Å². The van der Waals surface area contributed by atoms with Gasteiger partial charge >= 0.3 is 0 Å². The molecule has 152 valence electrons. The summed E-state index contributed by atoms with van der Waals surface area (Å²) in [4.78, 5) is 19.1. The summed E-state index contributed by atoms with van der Waals surface area (Å²) in [7, 11) is 2.87. The SMILES string of the molecule is CON(C)S(=O)(=O)c1ccc(C(=O)NCCCc2ccc(N(C)C)cc2)cc1. The first kappa shape index (κ1) is 21.9. The highest BCUT2D eigenvalue weighted by Crippen LogP contribution is 2.15. The van der Waals surface area contributed by atoms with Crippen LogP contribution in [0.15, 0.2) is 53.4 Å². The molecule has 7 nitrogen and oxygen atoms in total. The topological polar surface area (TPSA) is 78.9 Å². The number of anilines is 1. The zero-order valence-electron chi connectivity index (χ0n) is 16.7. The Morgan fingerprint density at radius 3 is 2.14 bits per heavy atom. The first-order valence-electron chi connectivity index (χ1n) is 8.93. The lowest BCUT2D eigenvalue weighted by Crippen LogP contribution is -2.26. The second-order valence-electron chi connectivity index (χ2n) is 6.54. The maximum absolute atomic E-state index is 12.2. The molecule has 0 bridgehead atoms. The van der Waals surface area contributed by atoms with E-state index in [1.54, 1.807) is 0 Å². The van der Waals surface area contributed by atoms with Crippen LogP contribution in [0.25, 0.3) is 0 Å². The lowest BCUT2D eigenvalue weighted by molar-refractivity contribution is -0.0258. The molecular formula is C20H27N3O4S. The molecule has 0 aromatic heterocycles. The minimum absolute atomic E-state index is 0.0644. The first-order chi connectivity index (χ1) is 13.3. The molecule has 0 saturated carbocycles. The Morgan fingerprint density at radius 1 is 1.00 bits per heavy atom. The lowest BCUT2D eigenvalue weighted by Gasteiger charge is -2.14. The molecule has 8 heteroatoms. The van der Waals surface area contributed by atoms with E-state index in [0.29, 0.717) is 12.1 Å². The van der Waals surface area contributed by atoms with Gasteiger partial charge in [-0.2, -0.15) is 0 Å². The summed E-state index contributed by atoms with van der Waals surface area (Å²) >= 11 is 0. The molecule has 0 atom stereocenters. The molecule has 0 radical (unpaired) electrons. The van der Waals surface area contributed by atoms with Crippen molar-refractivity contribution in [2.24, 2.45) is 0 Å². The number of hydrogen-bond donors (Lipinski definition) is 1. The molecule has 0 spiro atoms. The number of hydrogen-bond acceptors (Lipinski definition) is 5. The Labute approximate surface area is 166 Å². The maximum Gasteiger partial charge on any atom is 0.264 e. The van der Waals surface area contributed by atoms with Crippen LogP contribution in [0.5, 0.6) is 0 Å². The van der Waals surface area contributed by atoms with E-state index in [-0.39, 0.29) is 10.8 Å². The van der Waals surface area contributed by atoms with Crippen molar-refractivity contribution < 1.29 is 18.0 Å². The second kappa shape index (κ2) is 9.68. The third kappa shape index (κ3) is 5.54. The Morgan fingerprint density at radius 2 is 1.61 bits per heavy atom. The number of nitrogens with one attached hydrogen (secondary N) is 1. The molecule has 1 N–H and O–H groups in total. The summed E-state index contributed by atoms with van der Waals surface area (Å²) in [6.07, 6.45) is 1.69. The summed E-state index contributed by atoms with van der Waals surface area (Å²) < 4.78 is 25.1. The Hall–Kier alpha value is -2.42. The fraction of sp³-hybridized carbons (Fsp3) is 0.350. The van der Waals surface area contributed by atoms with Gasteiger partial charge in [0.1, 0.15) is 0 Å². The van der Waals surface area contributed by atoms with E-state index in [0.717, 1.165) is 23.0 Å². The Balaban J connectivity index is 1.84. The van der Waals surface area contributed by atoms with Crippen LogP contribution < -0.4 is 10.2 Å². The van der Waals surface area contributed by atoms with Gasteiger partial charge in [-0.1, -0.05) is 16.6 Å². The minimum atomic E-state index is -3.72. The van der Waals surface area contributed by atoms with Crippen molar-refractivity contribution in [1.29, 1.82) is 0 Å². The third-order valence-electron chi connectivity index (χ3n) is 4.39. The van der Waals surface area contributed by atoms with Gasteiger partial charge in [0.2, 0.25) is 0 Å². The highest BCUT2D eigenvalue weighted by molar-refractivity contribution is 7.89. The van der Waals surface area contributed by atoms with E-state index in [4.69, 9.17) is 4.84 Å². The predicted octanol–water partition coefficient (Wildman–Crippen LogP) is 2.30. The fourth-order valence-electron chi connectivity index (χ4n) is 2.58. The predicted molar refractivity (Wildman–Crippen MR) is 110 cm³/mol. The number of carbonyl (C=O) groups excluding carboxylic acids is 1. The van der Waals surface area contributed by atoms with Gasteiger partial charge in [0.05, 0.1) is 12.0 Å². The standard InChI is InChI=1S/C20H27N3O4S/c1-22(2)18-11-7-16(8-12-18)6-5-15-21-20(24)17-9-13-19(14-10-17)28(25,26)23(3)27-4/h7-14H,5-6,15H2,1-4H3,(H,21,24). The fourth-order valence-corrected chi connectivity index (χ4v) is 3.56. The number of carbonyl (C=O) groups is 1. The van der Waals surface area contributed by atoms with Crippen LogP contribution >= 0.6 is 0 Å². The average molecular weight is 406 g/mol. The molecule has 0 unspecified atom stereocenters. The molecule has 2 aromatic rings. The van der Waals surface area contributed by atoms with Gasteiger partial charge in [-0.25, -0.2) is 8.42 Å². The summed E-state index contributed by atoms with van der Waals surface area (Å²) in [5.41, 5.74) is 2.78. The van der Waals surface area contributed by atoms with Gasteiger partial charge in [-0.3, -0.25) is 9.63 Å². The normalized spacial score (nSPS) is 11.5. The van der Waals surface area contributed by atoms with Crippen molar-refractivity contribution in [3.8, 4) is 0 Å². The molecule has 0 heterocycles. The van der Waals surface area contributed by atoms with Crippen molar-refractivity contribution in [3.05, 3.63) is 59.7 Å². The zero-order chi connectivity index (χ0) is 20.7. The number of amides is 1. The first-order valence-corrected chi connectivity index (χ1v) is 10.4. The molecule has 0 aliphatic carbocycles. The molecule has 0 aliphatic rings. The van der Waals surface area contributed by atoms with Crippen LogP contribution in [0.2, 0.25) is 0 Å². The van der Waals surface area contributed by atoms with E-state index in [2.05, 4.69) is 29.6 Å². The second-order valence-corrected chi connectivity index (χ2v) is 8.48. The van der Waals surface area contributed by atoms with Crippen LogP contribution in [0.1, 0.15) is 22.3 Å². The smallest absolute Gasteiger partial charge is 0.264 e. The van der Waals surface area contributed by atoms with E-state index < -0.39 is 10.0 Å². The third-order valence-corrected chi connectivity index (χ3v) is 6.08. The molecule has 1 amide bonds. The van der Waals surface area contributed by atoms with Crippen molar-refractivity contribution >= 4 is 21.6 Å². The van der Waals surface area contributed by atoms with Crippen LogP contribution in [0.3, 0.4) is 0 Å². The largest absolute Gasteiger partial charge is 0.378 e. The minimum Gasteiger partial charge on any atom is -0.378 e. The van der Waals surface area contributed by atoms with E-state index in [1.165, 1.54) is 44.0 Å². The number of nitrogens with zero attached hydrogens (tertiary/aromatic N) is 2. The number of benzene rings is 2. The lowest BCUT2D eigenvalue weighted by atomic mass is 10.1. The highest BCUT2D eigenvalue weighted by Gasteiger charge is 2.20. The van der Waals surface area contributed by atoms with Crippen LogP contribution in [0, 0.1) is 0 Å². The van der Waals surface area contributed by atoms with E-state index in [1.807, 2.05) is 19.0 Å². The summed E-state index contributed by atoms with van der Waals surface area (Å²) in [6, 6.07) is 14.1. The number of hydroxylamine groups is 1. The van der Waals surface area contributed by atoms with Crippen LogP contribution in [0.4, 0.5) is 5.69 Å².